The molecule has 1 saturated heterocycles. The number of halogens is 4. The van der Waals surface area contributed by atoms with Gasteiger partial charge in [0.2, 0.25) is 0 Å². The van der Waals surface area contributed by atoms with Crippen LogP contribution in [0, 0.1) is 21.0 Å². The van der Waals surface area contributed by atoms with Crippen molar-refractivity contribution in [2.75, 3.05) is 37.4 Å². The summed E-state index contributed by atoms with van der Waals surface area (Å²) in [4.78, 5) is 14.3. The van der Waals surface area contributed by atoms with Gasteiger partial charge in [0.25, 0.3) is 5.91 Å². The van der Waals surface area contributed by atoms with Gasteiger partial charge in [-0.3, -0.25) is 4.79 Å². The molecule has 4 rings (SSSR count). The lowest BCUT2D eigenvalue weighted by molar-refractivity contribution is -0.0706. The zero-order chi connectivity index (χ0) is 24.5. The third-order valence-electron chi connectivity index (χ3n) is 5.49. The van der Waals surface area contributed by atoms with Gasteiger partial charge in [-0.25, -0.2) is 13.2 Å². The first-order chi connectivity index (χ1) is 16.2. The maximum absolute atomic E-state index is 14.6. The molecule has 178 valence electrons. The molecule has 1 amide bonds. The normalized spacial score (nSPS) is 14.4. The molecule has 1 aliphatic heterocycles. The minimum absolute atomic E-state index is 0.00861. The van der Waals surface area contributed by atoms with Crippen LogP contribution in [0.4, 0.5) is 30.2 Å². The van der Waals surface area contributed by atoms with Crippen molar-refractivity contribution < 1.29 is 27.8 Å². The molecule has 1 aliphatic rings. The number of likely N-dealkylation sites (tertiary alicyclic amines) is 1. The number of carbonyl (C=O) groups excluding carboxylic acids is 1. The predicted molar refractivity (Wildman–Crippen MR) is 131 cm³/mol. The second-order valence-corrected chi connectivity index (χ2v) is 9.25. The summed E-state index contributed by atoms with van der Waals surface area (Å²) in [6, 6.07) is 13.3. The summed E-state index contributed by atoms with van der Waals surface area (Å²) in [6.07, 6.45) is 0. The molecule has 10 heteroatoms. The van der Waals surface area contributed by atoms with E-state index in [0.717, 1.165) is 17.8 Å². The Kier molecular flexibility index (Phi) is 6.89. The molecule has 3 N–H and O–H groups in total. The number of nitrogens with one attached hydrogen (secondary N) is 2. The zero-order valence-corrected chi connectivity index (χ0v) is 20.2. The van der Waals surface area contributed by atoms with E-state index in [2.05, 4.69) is 10.6 Å². The molecule has 0 aliphatic carbocycles. The van der Waals surface area contributed by atoms with E-state index >= 15 is 0 Å². The number of nitrogens with zero attached hydrogens (tertiary/aromatic N) is 1. The zero-order valence-electron chi connectivity index (χ0n) is 18.0. The summed E-state index contributed by atoms with van der Waals surface area (Å²) in [5, 5.41) is 16.3. The number of carbonyl (C=O) groups is 1. The van der Waals surface area contributed by atoms with Crippen LogP contribution >= 0.6 is 22.6 Å². The first-order valence-electron chi connectivity index (χ1n) is 10.3. The van der Waals surface area contributed by atoms with Crippen molar-refractivity contribution in [2.24, 2.45) is 0 Å². The number of hydrogen-bond donors (Lipinski definition) is 3. The fraction of sp³-hybridized carbons (Fsp3) is 0.208. The van der Waals surface area contributed by atoms with E-state index < -0.39 is 34.6 Å². The number of anilines is 3. The minimum Gasteiger partial charge on any atom is -0.497 e. The van der Waals surface area contributed by atoms with Gasteiger partial charge in [0.05, 0.1) is 37.1 Å². The molecule has 3 aromatic carbocycles. The molecule has 6 nitrogen and oxygen atoms in total. The van der Waals surface area contributed by atoms with Crippen molar-refractivity contribution >= 4 is 45.6 Å². The summed E-state index contributed by atoms with van der Waals surface area (Å²) in [7, 11) is 1.57. The number of benzene rings is 3. The highest BCUT2D eigenvalue weighted by Crippen LogP contribution is 2.32. The van der Waals surface area contributed by atoms with E-state index in [-0.39, 0.29) is 30.9 Å². The molecule has 34 heavy (non-hydrogen) atoms. The Labute approximate surface area is 207 Å². The Hall–Kier alpha value is -2.99. The number of methoxy groups -OCH3 is 1. The standard InChI is InChI=1S/C24H21F3IN3O3/c1-34-16-5-3-15(4-6-16)29-11-24(33)12-31(13-24)23(32)17-7-8-18(25)21(27)22(17)30-20-9-2-14(28)10-19(20)26/h2-10,29-30,33H,11-13H2,1H3. The fourth-order valence-corrected chi connectivity index (χ4v) is 4.10. The highest BCUT2D eigenvalue weighted by atomic mass is 127. The van der Waals surface area contributed by atoms with Gasteiger partial charge in [0.1, 0.15) is 17.2 Å². The van der Waals surface area contributed by atoms with Crippen LogP contribution in [0.5, 0.6) is 5.75 Å². The van der Waals surface area contributed by atoms with Crippen molar-refractivity contribution in [1.29, 1.82) is 0 Å². The third-order valence-corrected chi connectivity index (χ3v) is 6.16. The van der Waals surface area contributed by atoms with Gasteiger partial charge in [-0.05, 0) is 77.2 Å². The maximum Gasteiger partial charge on any atom is 0.256 e. The quantitative estimate of drug-likeness (QED) is 0.350. The first kappa shape index (κ1) is 24.1. The molecule has 1 fully saturated rings. The number of aliphatic hydroxyl groups is 1. The summed E-state index contributed by atoms with van der Waals surface area (Å²) in [6.45, 7) is 0.163. The summed E-state index contributed by atoms with van der Waals surface area (Å²) in [5.74, 6) is -3.04. The lowest BCUT2D eigenvalue weighted by Crippen LogP contribution is -2.66. The van der Waals surface area contributed by atoms with Gasteiger partial charge in [-0.15, -0.1) is 0 Å². The van der Waals surface area contributed by atoms with Gasteiger partial charge in [0.15, 0.2) is 11.6 Å². The van der Waals surface area contributed by atoms with Crippen LogP contribution in [0.15, 0.2) is 54.6 Å². The summed E-state index contributed by atoms with van der Waals surface area (Å²) >= 11 is 1.92. The van der Waals surface area contributed by atoms with Crippen LogP contribution in [-0.2, 0) is 0 Å². The highest BCUT2D eigenvalue weighted by molar-refractivity contribution is 14.1. The Bertz CT molecular complexity index is 1220. The molecule has 0 aromatic heterocycles. The third kappa shape index (κ3) is 5.07. The molecule has 1 heterocycles. The topological polar surface area (TPSA) is 73.8 Å². The monoisotopic (exact) mass is 583 g/mol. The molecule has 0 unspecified atom stereocenters. The van der Waals surface area contributed by atoms with Crippen LogP contribution < -0.4 is 15.4 Å². The van der Waals surface area contributed by atoms with Crippen LogP contribution in [-0.4, -0.2) is 48.3 Å². The number of ether oxygens (including phenoxy) is 1. The van der Waals surface area contributed by atoms with E-state index in [1.54, 1.807) is 37.4 Å². The average Bonchev–Trinajstić information content (AvgIpc) is 2.80. The second kappa shape index (κ2) is 9.71. The Morgan fingerprint density at radius 2 is 1.79 bits per heavy atom. The molecule has 0 spiro atoms. The Balaban J connectivity index is 1.46. The van der Waals surface area contributed by atoms with E-state index in [4.69, 9.17) is 4.74 Å². The predicted octanol–water partition coefficient (Wildman–Crippen LogP) is 4.76. The highest BCUT2D eigenvalue weighted by Gasteiger charge is 2.44. The largest absolute Gasteiger partial charge is 0.497 e. The lowest BCUT2D eigenvalue weighted by Gasteiger charge is -2.46. The van der Waals surface area contributed by atoms with E-state index in [9.17, 15) is 23.1 Å². The number of hydrogen-bond acceptors (Lipinski definition) is 5. The van der Waals surface area contributed by atoms with Crippen LogP contribution in [0.3, 0.4) is 0 Å². The minimum atomic E-state index is -1.29. The van der Waals surface area contributed by atoms with Crippen molar-refractivity contribution in [3.05, 3.63) is 81.2 Å². The molecule has 0 saturated carbocycles. The number of rotatable bonds is 7. The summed E-state index contributed by atoms with van der Waals surface area (Å²) < 4.78 is 48.6. The maximum atomic E-state index is 14.6. The van der Waals surface area contributed by atoms with Crippen LogP contribution in [0.25, 0.3) is 0 Å². The Morgan fingerprint density at radius 3 is 2.44 bits per heavy atom. The van der Waals surface area contributed by atoms with Crippen molar-refractivity contribution in [3.8, 4) is 5.75 Å². The SMILES string of the molecule is COc1ccc(NCC2(O)CN(C(=O)c3ccc(F)c(F)c3Nc3ccc(I)cc3F)C2)cc1. The second-order valence-electron chi connectivity index (χ2n) is 8.00. The van der Waals surface area contributed by atoms with E-state index in [0.29, 0.717) is 9.32 Å². The molecule has 0 bridgehead atoms. The number of β-amino-alcohol motifs (C(OH)–C–C–N with tert-alkyl or cyclic N) is 1. The van der Waals surface area contributed by atoms with E-state index in [1.807, 2.05) is 22.6 Å². The van der Waals surface area contributed by atoms with Crippen LogP contribution in [0.2, 0.25) is 0 Å². The molecular formula is C24H21F3IN3O3. The molecule has 0 radical (unpaired) electrons. The Morgan fingerprint density at radius 1 is 1.09 bits per heavy atom. The average molecular weight is 583 g/mol. The number of amides is 1. The summed E-state index contributed by atoms with van der Waals surface area (Å²) in [5.41, 5.74) is -1.14. The van der Waals surface area contributed by atoms with Gasteiger partial charge < -0.3 is 25.4 Å². The van der Waals surface area contributed by atoms with Crippen molar-refractivity contribution in [1.82, 2.24) is 4.90 Å². The molecule has 3 aromatic rings. The van der Waals surface area contributed by atoms with E-state index in [1.165, 1.54) is 17.0 Å². The van der Waals surface area contributed by atoms with Crippen LogP contribution in [0.1, 0.15) is 10.4 Å². The molecule has 0 atom stereocenters. The van der Waals surface area contributed by atoms with Crippen molar-refractivity contribution in [3.63, 3.8) is 0 Å². The smallest absolute Gasteiger partial charge is 0.256 e. The lowest BCUT2D eigenvalue weighted by atomic mass is 9.92. The van der Waals surface area contributed by atoms with Crippen molar-refractivity contribution in [2.45, 2.75) is 5.60 Å². The molecular weight excluding hydrogens is 562 g/mol. The fourth-order valence-electron chi connectivity index (χ4n) is 3.64. The van der Waals surface area contributed by atoms with Gasteiger partial charge in [-0.2, -0.15) is 0 Å². The van der Waals surface area contributed by atoms with Gasteiger partial charge in [0, 0.05) is 15.8 Å². The first-order valence-corrected chi connectivity index (χ1v) is 11.4. The van der Waals surface area contributed by atoms with Gasteiger partial charge in [-0.1, -0.05) is 0 Å². The van der Waals surface area contributed by atoms with Gasteiger partial charge >= 0.3 is 0 Å².